The van der Waals surface area contributed by atoms with Crippen LogP contribution in [0.15, 0.2) is 54.0 Å². The van der Waals surface area contributed by atoms with Gasteiger partial charge in [0.05, 0.1) is 21.3 Å². The standard InChI is InChI=1S/C21H20N2O3S/c24-20(23-11-5-2-6-12-23)19(15-7-3-1-4-8-15)26-21(25)16-9-10-17-18(13-16)27-14-22-17/h1,3-4,7-10,13-14,19H,2,5-6,11-12H2/t19-/m0/s1. The molecule has 0 unspecified atom stereocenters. The van der Waals surface area contributed by atoms with Gasteiger partial charge in [0.2, 0.25) is 6.10 Å². The lowest BCUT2D eigenvalue weighted by Gasteiger charge is -2.30. The van der Waals surface area contributed by atoms with Crippen molar-refractivity contribution in [3.8, 4) is 0 Å². The van der Waals surface area contributed by atoms with Gasteiger partial charge in [0, 0.05) is 18.7 Å². The molecule has 1 aliphatic rings. The number of thiazole rings is 1. The lowest BCUT2D eigenvalue weighted by Crippen LogP contribution is -2.40. The minimum absolute atomic E-state index is 0.145. The van der Waals surface area contributed by atoms with E-state index in [9.17, 15) is 9.59 Å². The van der Waals surface area contributed by atoms with E-state index >= 15 is 0 Å². The summed E-state index contributed by atoms with van der Waals surface area (Å²) < 4.78 is 6.64. The first-order valence-corrected chi connectivity index (χ1v) is 9.98. The van der Waals surface area contributed by atoms with Gasteiger partial charge in [-0.05, 0) is 37.5 Å². The van der Waals surface area contributed by atoms with Gasteiger partial charge in [0.25, 0.3) is 5.91 Å². The number of carbonyl (C=O) groups excluding carboxylic acids is 2. The third-order valence-electron chi connectivity index (χ3n) is 4.79. The third-order valence-corrected chi connectivity index (χ3v) is 5.58. The first-order valence-electron chi connectivity index (χ1n) is 9.10. The fraction of sp³-hybridized carbons (Fsp3) is 0.286. The number of fused-ring (bicyclic) bond motifs is 1. The molecular weight excluding hydrogens is 360 g/mol. The normalized spacial score (nSPS) is 15.5. The number of hydrogen-bond donors (Lipinski definition) is 0. The average Bonchev–Trinajstić information content (AvgIpc) is 3.20. The highest BCUT2D eigenvalue weighted by molar-refractivity contribution is 7.16. The van der Waals surface area contributed by atoms with Gasteiger partial charge in [-0.15, -0.1) is 11.3 Å². The number of amides is 1. The fourth-order valence-corrected chi connectivity index (χ4v) is 4.04. The van der Waals surface area contributed by atoms with Crippen LogP contribution in [0.25, 0.3) is 10.2 Å². The number of benzene rings is 2. The van der Waals surface area contributed by atoms with Crippen molar-refractivity contribution in [3.05, 3.63) is 65.2 Å². The second-order valence-electron chi connectivity index (χ2n) is 6.62. The van der Waals surface area contributed by atoms with E-state index in [1.54, 1.807) is 28.6 Å². The second-order valence-corrected chi connectivity index (χ2v) is 7.50. The van der Waals surface area contributed by atoms with E-state index in [-0.39, 0.29) is 5.91 Å². The number of rotatable bonds is 4. The highest BCUT2D eigenvalue weighted by Gasteiger charge is 2.30. The molecule has 27 heavy (non-hydrogen) atoms. The van der Waals surface area contributed by atoms with Crippen molar-refractivity contribution in [1.82, 2.24) is 9.88 Å². The largest absolute Gasteiger partial charge is 0.444 e. The third kappa shape index (κ3) is 3.85. The van der Waals surface area contributed by atoms with Gasteiger partial charge >= 0.3 is 5.97 Å². The van der Waals surface area contributed by atoms with Gasteiger partial charge in [-0.25, -0.2) is 9.78 Å². The molecule has 0 bridgehead atoms. The molecule has 0 spiro atoms. The monoisotopic (exact) mass is 380 g/mol. The molecule has 5 nitrogen and oxygen atoms in total. The van der Waals surface area contributed by atoms with Crippen molar-refractivity contribution in [3.63, 3.8) is 0 Å². The molecule has 138 valence electrons. The zero-order chi connectivity index (χ0) is 18.6. The van der Waals surface area contributed by atoms with Gasteiger partial charge in [0.1, 0.15) is 0 Å². The predicted octanol–water partition coefficient (Wildman–Crippen LogP) is 4.21. The van der Waals surface area contributed by atoms with Crippen molar-refractivity contribution in [1.29, 1.82) is 0 Å². The number of piperidine rings is 1. The zero-order valence-electron chi connectivity index (χ0n) is 14.8. The van der Waals surface area contributed by atoms with E-state index in [0.717, 1.165) is 29.5 Å². The Morgan fingerprint density at radius 1 is 1.04 bits per heavy atom. The van der Waals surface area contributed by atoms with Crippen LogP contribution in [0, 0.1) is 0 Å². The zero-order valence-corrected chi connectivity index (χ0v) is 15.7. The molecule has 1 atom stereocenters. The number of likely N-dealkylation sites (tertiary alicyclic amines) is 1. The fourth-order valence-electron chi connectivity index (χ4n) is 3.33. The van der Waals surface area contributed by atoms with Crippen LogP contribution < -0.4 is 0 Å². The summed E-state index contributed by atoms with van der Waals surface area (Å²) in [7, 11) is 0. The van der Waals surface area contributed by atoms with Crippen molar-refractivity contribution in [2.24, 2.45) is 0 Å². The minimum Gasteiger partial charge on any atom is -0.444 e. The van der Waals surface area contributed by atoms with Crippen molar-refractivity contribution in [2.75, 3.05) is 13.1 Å². The maximum absolute atomic E-state index is 13.1. The topological polar surface area (TPSA) is 59.5 Å². The number of aromatic nitrogens is 1. The smallest absolute Gasteiger partial charge is 0.339 e. The Hall–Kier alpha value is -2.73. The predicted molar refractivity (Wildman–Crippen MR) is 105 cm³/mol. The molecule has 3 aromatic rings. The maximum Gasteiger partial charge on any atom is 0.339 e. The number of esters is 1. The summed E-state index contributed by atoms with van der Waals surface area (Å²) in [5, 5.41) is 0. The molecule has 1 amide bonds. The van der Waals surface area contributed by atoms with Crippen LogP contribution in [0.4, 0.5) is 0 Å². The molecule has 1 aliphatic heterocycles. The Morgan fingerprint density at radius 2 is 1.81 bits per heavy atom. The highest BCUT2D eigenvalue weighted by atomic mass is 32.1. The molecule has 2 heterocycles. The van der Waals surface area contributed by atoms with E-state index in [2.05, 4.69) is 4.98 Å². The van der Waals surface area contributed by atoms with Crippen LogP contribution in [0.5, 0.6) is 0 Å². The van der Waals surface area contributed by atoms with Crippen LogP contribution in [-0.2, 0) is 9.53 Å². The van der Waals surface area contributed by atoms with E-state index in [1.807, 2.05) is 30.3 Å². The molecule has 0 N–H and O–H groups in total. The SMILES string of the molecule is O=C(O[C@H](C(=O)N1CCCCC1)c1ccccc1)c1ccc2ncsc2c1. The summed E-state index contributed by atoms with van der Waals surface area (Å²) in [6.45, 7) is 1.43. The molecule has 1 saturated heterocycles. The first-order chi connectivity index (χ1) is 13.2. The Morgan fingerprint density at radius 3 is 2.59 bits per heavy atom. The average molecular weight is 380 g/mol. The maximum atomic E-state index is 13.1. The number of hydrogen-bond acceptors (Lipinski definition) is 5. The first kappa shape index (κ1) is 17.7. The molecule has 0 saturated carbocycles. The quantitative estimate of drug-likeness (QED) is 0.636. The molecule has 0 aliphatic carbocycles. The van der Waals surface area contributed by atoms with Crippen molar-refractivity contribution >= 4 is 33.4 Å². The Balaban J connectivity index is 1.59. The minimum atomic E-state index is -0.922. The summed E-state index contributed by atoms with van der Waals surface area (Å²) in [6, 6.07) is 14.5. The van der Waals surface area contributed by atoms with Crippen LogP contribution in [0.3, 0.4) is 0 Å². The highest BCUT2D eigenvalue weighted by Crippen LogP contribution is 2.25. The van der Waals surface area contributed by atoms with Crippen LogP contribution in [0.2, 0.25) is 0 Å². The van der Waals surface area contributed by atoms with E-state index in [0.29, 0.717) is 24.2 Å². The molecule has 1 fully saturated rings. The Kier molecular flexibility index (Phi) is 5.16. The van der Waals surface area contributed by atoms with Gasteiger partial charge < -0.3 is 9.64 Å². The Bertz CT molecular complexity index is 948. The van der Waals surface area contributed by atoms with E-state index < -0.39 is 12.1 Å². The lowest BCUT2D eigenvalue weighted by molar-refractivity contribution is -0.142. The van der Waals surface area contributed by atoms with Gasteiger partial charge in [0.15, 0.2) is 0 Å². The molecule has 0 radical (unpaired) electrons. The molecule has 6 heteroatoms. The molecule has 1 aromatic heterocycles. The van der Waals surface area contributed by atoms with Gasteiger partial charge in [-0.2, -0.15) is 0 Å². The second kappa shape index (κ2) is 7.88. The number of nitrogens with zero attached hydrogens (tertiary/aromatic N) is 2. The van der Waals surface area contributed by atoms with E-state index in [1.165, 1.54) is 11.3 Å². The van der Waals surface area contributed by atoms with E-state index in [4.69, 9.17) is 4.74 Å². The van der Waals surface area contributed by atoms with Gasteiger partial charge in [-0.3, -0.25) is 4.79 Å². The van der Waals surface area contributed by atoms with Crippen LogP contribution in [-0.4, -0.2) is 34.8 Å². The van der Waals surface area contributed by atoms with Crippen molar-refractivity contribution in [2.45, 2.75) is 25.4 Å². The number of carbonyl (C=O) groups is 2. The Labute approximate surface area is 161 Å². The summed E-state index contributed by atoms with van der Waals surface area (Å²) in [5.74, 6) is -0.641. The number of ether oxygens (including phenoxy) is 1. The molecule has 2 aromatic carbocycles. The summed E-state index contributed by atoms with van der Waals surface area (Å²) >= 11 is 1.47. The van der Waals surface area contributed by atoms with Gasteiger partial charge in [-0.1, -0.05) is 30.3 Å². The lowest BCUT2D eigenvalue weighted by atomic mass is 10.1. The summed E-state index contributed by atoms with van der Waals surface area (Å²) in [6.07, 6.45) is 2.19. The summed E-state index contributed by atoms with van der Waals surface area (Å²) in [4.78, 5) is 31.9. The van der Waals surface area contributed by atoms with Crippen LogP contribution >= 0.6 is 11.3 Å². The van der Waals surface area contributed by atoms with Crippen molar-refractivity contribution < 1.29 is 14.3 Å². The molecular formula is C21H20N2O3S. The summed E-state index contributed by atoms with van der Waals surface area (Å²) in [5.41, 5.74) is 3.71. The van der Waals surface area contributed by atoms with Crippen LogP contribution in [0.1, 0.15) is 41.3 Å². The molecule has 4 rings (SSSR count).